The molecule has 0 bridgehead atoms. The molecule has 20 heavy (non-hydrogen) atoms. The molecule has 0 aliphatic carbocycles. The van der Waals surface area contributed by atoms with Crippen molar-refractivity contribution in [2.24, 2.45) is 7.05 Å². The van der Waals surface area contributed by atoms with E-state index in [0.29, 0.717) is 5.69 Å². The number of nitrogens with two attached hydrogens (primary N) is 1. The van der Waals surface area contributed by atoms with Gasteiger partial charge in [0.15, 0.2) is 11.5 Å². The van der Waals surface area contributed by atoms with E-state index in [2.05, 4.69) is 36.7 Å². The van der Waals surface area contributed by atoms with E-state index in [-0.39, 0.29) is 11.5 Å². The lowest BCUT2D eigenvalue weighted by molar-refractivity contribution is 0.0839. The molecule has 0 atom stereocenters. The summed E-state index contributed by atoms with van der Waals surface area (Å²) in [6, 6.07) is 1.62. The average molecular weight is 339 g/mol. The highest BCUT2D eigenvalue weighted by Gasteiger charge is 2.15. The summed E-state index contributed by atoms with van der Waals surface area (Å²) >= 11 is 3.25. The highest BCUT2D eigenvalue weighted by molar-refractivity contribution is 9.10. The SMILES string of the molecule is Cn1cc(Br)cc1C(=O)NNC(=O)c1nccnc1N. The Morgan fingerprint density at radius 3 is 2.50 bits per heavy atom. The lowest BCUT2D eigenvalue weighted by Gasteiger charge is -2.08. The molecule has 0 fully saturated rings. The van der Waals surface area contributed by atoms with Gasteiger partial charge in [-0.05, 0) is 22.0 Å². The van der Waals surface area contributed by atoms with Crippen LogP contribution < -0.4 is 16.6 Å². The van der Waals surface area contributed by atoms with Gasteiger partial charge in [0.2, 0.25) is 0 Å². The van der Waals surface area contributed by atoms with Crippen LogP contribution in [-0.2, 0) is 7.05 Å². The maximum atomic E-state index is 11.9. The Balaban J connectivity index is 2.02. The minimum Gasteiger partial charge on any atom is -0.382 e. The normalized spacial score (nSPS) is 10.1. The number of carbonyl (C=O) groups excluding carboxylic acids is 2. The molecule has 0 unspecified atom stereocenters. The molecular formula is C11H11BrN6O2. The van der Waals surface area contributed by atoms with Crippen molar-refractivity contribution < 1.29 is 9.59 Å². The van der Waals surface area contributed by atoms with E-state index < -0.39 is 11.8 Å². The lowest BCUT2D eigenvalue weighted by Crippen LogP contribution is -2.42. The predicted molar refractivity (Wildman–Crippen MR) is 74.5 cm³/mol. The van der Waals surface area contributed by atoms with E-state index >= 15 is 0 Å². The van der Waals surface area contributed by atoms with Crippen LogP contribution in [0.15, 0.2) is 29.1 Å². The quantitative estimate of drug-likeness (QED) is 0.678. The van der Waals surface area contributed by atoms with Gasteiger partial charge >= 0.3 is 0 Å². The zero-order valence-electron chi connectivity index (χ0n) is 10.4. The summed E-state index contributed by atoms with van der Waals surface area (Å²) in [6.45, 7) is 0. The van der Waals surface area contributed by atoms with Crippen LogP contribution in [-0.4, -0.2) is 26.3 Å². The third kappa shape index (κ3) is 2.94. The van der Waals surface area contributed by atoms with Gasteiger partial charge < -0.3 is 10.3 Å². The number of amides is 2. The van der Waals surface area contributed by atoms with Gasteiger partial charge in [-0.3, -0.25) is 20.4 Å². The van der Waals surface area contributed by atoms with E-state index in [1.807, 2.05) is 0 Å². The molecule has 8 nitrogen and oxygen atoms in total. The summed E-state index contributed by atoms with van der Waals surface area (Å²) in [4.78, 5) is 31.2. The molecule has 2 rings (SSSR count). The number of hydrogen-bond acceptors (Lipinski definition) is 5. The molecule has 0 radical (unpaired) electrons. The van der Waals surface area contributed by atoms with Gasteiger partial charge in [0.25, 0.3) is 11.8 Å². The van der Waals surface area contributed by atoms with Crippen LogP contribution in [0.3, 0.4) is 0 Å². The fourth-order valence-corrected chi connectivity index (χ4v) is 2.03. The summed E-state index contributed by atoms with van der Waals surface area (Å²) < 4.78 is 2.37. The molecule has 2 heterocycles. The number of nitrogens with one attached hydrogen (secondary N) is 2. The molecule has 0 spiro atoms. The van der Waals surface area contributed by atoms with Crippen molar-refractivity contribution in [3.8, 4) is 0 Å². The molecule has 9 heteroatoms. The molecule has 0 saturated carbocycles. The zero-order valence-corrected chi connectivity index (χ0v) is 12.0. The summed E-state index contributed by atoms with van der Waals surface area (Å²) in [5.41, 5.74) is 10.3. The second-order valence-electron chi connectivity index (χ2n) is 3.85. The second kappa shape index (κ2) is 5.70. The Morgan fingerprint density at radius 1 is 1.25 bits per heavy atom. The minimum absolute atomic E-state index is 0.0131. The number of halogens is 1. The van der Waals surface area contributed by atoms with Crippen molar-refractivity contribution in [1.82, 2.24) is 25.4 Å². The van der Waals surface area contributed by atoms with Crippen LogP contribution in [0.2, 0.25) is 0 Å². The van der Waals surface area contributed by atoms with Gasteiger partial charge in [-0.1, -0.05) is 0 Å². The summed E-state index contributed by atoms with van der Waals surface area (Å²) in [7, 11) is 1.71. The molecule has 2 amide bonds. The van der Waals surface area contributed by atoms with Crippen molar-refractivity contribution in [2.45, 2.75) is 0 Å². The first-order valence-corrected chi connectivity index (χ1v) is 6.27. The number of hydrogen-bond donors (Lipinski definition) is 3. The van der Waals surface area contributed by atoms with E-state index in [0.717, 1.165) is 4.47 Å². The first-order chi connectivity index (χ1) is 9.49. The topological polar surface area (TPSA) is 115 Å². The van der Waals surface area contributed by atoms with Gasteiger partial charge in [0.1, 0.15) is 5.69 Å². The molecular weight excluding hydrogens is 328 g/mol. The van der Waals surface area contributed by atoms with E-state index in [1.54, 1.807) is 23.9 Å². The van der Waals surface area contributed by atoms with E-state index in [9.17, 15) is 9.59 Å². The summed E-state index contributed by atoms with van der Waals surface area (Å²) in [5, 5.41) is 0. The average Bonchev–Trinajstić information content (AvgIpc) is 2.75. The molecule has 0 aromatic carbocycles. The molecule has 0 saturated heterocycles. The number of anilines is 1. The Kier molecular flexibility index (Phi) is 3.99. The monoisotopic (exact) mass is 338 g/mol. The Bertz CT molecular complexity index is 669. The lowest BCUT2D eigenvalue weighted by atomic mass is 10.4. The number of carbonyl (C=O) groups is 2. The van der Waals surface area contributed by atoms with E-state index in [4.69, 9.17) is 5.73 Å². The number of aryl methyl sites for hydroxylation is 1. The number of rotatable bonds is 2. The Morgan fingerprint density at radius 2 is 1.90 bits per heavy atom. The highest BCUT2D eigenvalue weighted by atomic mass is 79.9. The zero-order chi connectivity index (χ0) is 14.7. The largest absolute Gasteiger partial charge is 0.382 e. The van der Waals surface area contributed by atoms with Gasteiger partial charge in [0.05, 0.1) is 0 Å². The van der Waals surface area contributed by atoms with Crippen LogP contribution in [0, 0.1) is 0 Å². The standard InChI is InChI=1S/C11H11BrN6O2/c1-18-5-6(12)4-7(18)10(19)16-17-11(20)8-9(13)15-3-2-14-8/h2-5H,1H3,(H2,13,15)(H,16,19)(H,17,20). The smallest absolute Gasteiger partial charge is 0.292 e. The number of aromatic nitrogens is 3. The fourth-order valence-electron chi connectivity index (χ4n) is 1.51. The van der Waals surface area contributed by atoms with Gasteiger partial charge in [0, 0.05) is 30.1 Å². The van der Waals surface area contributed by atoms with Crippen molar-refractivity contribution in [3.05, 3.63) is 40.5 Å². The Hall–Kier alpha value is -2.42. The molecule has 104 valence electrons. The molecule has 2 aromatic heterocycles. The molecule has 0 aliphatic heterocycles. The van der Waals surface area contributed by atoms with Crippen LogP contribution in [0.5, 0.6) is 0 Å². The first-order valence-electron chi connectivity index (χ1n) is 5.48. The predicted octanol–water partition coefficient (Wildman–Crippen LogP) is 0.235. The number of nitrogen functional groups attached to an aromatic ring is 1. The summed E-state index contributed by atoms with van der Waals surface area (Å²) in [5.74, 6) is -1.12. The molecule has 2 aromatic rings. The van der Waals surface area contributed by atoms with Gasteiger partial charge in [-0.2, -0.15) is 0 Å². The number of nitrogens with zero attached hydrogens (tertiary/aromatic N) is 3. The third-order valence-electron chi connectivity index (χ3n) is 2.44. The van der Waals surface area contributed by atoms with Crippen LogP contribution in [0.1, 0.15) is 21.0 Å². The first kappa shape index (κ1) is 14.0. The number of hydrazine groups is 1. The third-order valence-corrected chi connectivity index (χ3v) is 2.87. The van der Waals surface area contributed by atoms with Gasteiger partial charge in [-0.25, -0.2) is 9.97 Å². The fraction of sp³-hybridized carbons (Fsp3) is 0.0909. The van der Waals surface area contributed by atoms with Crippen molar-refractivity contribution in [3.63, 3.8) is 0 Å². The minimum atomic E-state index is -0.641. The van der Waals surface area contributed by atoms with E-state index in [1.165, 1.54) is 12.4 Å². The van der Waals surface area contributed by atoms with Crippen LogP contribution >= 0.6 is 15.9 Å². The maximum absolute atomic E-state index is 11.9. The molecule has 0 aliphatic rings. The van der Waals surface area contributed by atoms with Crippen LogP contribution in [0.25, 0.3) is 0 Å². The highest BCUT2D eigenvalue weighted by Crippen LogP contribution is 2.13. The van der Waals surface area contributed by atoms with Gasteiger partial charge in [-0.15, -0.1) is 0 Å². The van der Waals surface area contributed by atoms with Crippen molar-refractivity contribution in [2.75, 3.05) is 5.73 Å². The van der Waals surface area contributed by atoms with Crippen molar-refractivity contribution in [1.29, 1.82) is 0 Å². The van der Waals surface area contributed by atoms with Crippen molar-refractivity contribution >= 4 is 33.6 Å². The molecule has 4 N–H and O–H groups in total. The summed E-state index contributed by atoms with van der Waals surface area (Å²) in [6.07, 6.45) is 4.42. The second-order valence-corrected chi connectivity index (χ2v) is 4.77. The van der Waals surface area contributed by atoms with Crippen LogP contribution in [0.4, 0.5) is 5.82 Å². The Labute approximate surface area is 122 Å². The maximum Gasteiger partial charge on any atom is 0.292 e.